The van der Waals surface area contributed by atoms with Gasteiger partial charge in [-0.1, -0.05) is 13.8 Å². The van der Waals surface area contributed by atoms with Crippen molar-refractivity contribution in [3.8, 4) is 11.5 Å². The molecule has 0 bridgehead atoms. The molecule has 1 aromatic carbocycles. The fourth-order valence-electron chi connectivity index (χ4n) is 1.82. The summed E-state index contributed by atoms with van der Waals surface area (Å²) in [5.74, 6) is -1.34. The predicted molar refractivity (Wildman–Crippen MR) is 84.3 cm³/mol. The summed E-state index contributed by atoms with van der Waals surface area (Å²) >= 11 is 0. The normalized spacial score (nSPS) is 15.4. The van der Waals surface area contributed by atoms with Gasteiger partial charge < -0.3 is 25.8 Å². The summed E-state index contributed by atoms with van der Waals surface area (Å²) in [5.41, 5.74) is 5.87. The van der Waals surface area contributed by atoms with Gasteiger partial charge in [0.15, 0.2) is 11.5 Å². The minimum Gasteiger partial charge on any atom is -0.395 e. The molecule has 1 heterocycles. The third kappa shape index (κ3) is 4.93. The van der Waals surface area contributed by atoms with E-state index in [1.807, 2.05) is 0 Å². The van der Waals surface area contributed by atoms with Gasteiger partial charge in [0.25, 0.3) is 0 Å². The number of anilines is 1. The van der Waals surface area contributed by atoms with E-state index in [0.717, 1.165) is 0 Å². The van der Waals surface area contributed by atoms with E-state index in [4.69, 9.17) is 5.73 Å². The van der Waals surface area contributed by atoms with Crippen molar-refractivity contribution in [2.75, 3.05) is 11.9 Å². The van der Waals surface area contributed by atoms with Crippen LogP contribution in [0.5, 0.6) is 11.5 Å². The van der Waals surface area contributed by atoms with Crippen LogP contribution in [-0.4, -0.2) is 30.7 Å². The summed E-state index contributed by atoms with van der Waals surface area (Å²) in [6.07, 6.45) is -3.72. The molecule has 1 aliphatic rings. The molecule has 0 aromatic heterocycles. The van der Waals surface area contributed by atoms with Crippen molar-refractivity contribution in [2.45, 2.75) is 26.2 Å². The van der Waals surface area contributed by atoms with Gasteiger partial charge in [-0.3, -0.25) is 9.59 Å². The molecule has 1 aliphatic heterocycles. The number of alkyl halides is 2. The zero-order chi connectivity index (χ0) is 17.2. The number of hydrogen-bond donors (Lipinski definition) is 3. The molecule has 134 valence electrons. The van der Waals surface area contributed by atoms with Gasteiger partial charge in [-0.15, -0.1) is 21.2 Å². The molecule has 10 heteroatoms. The molecule has 7 nitrogen and oxygen atoms in total. The molecule has 0 unspecified atom stereocenters. The van der Waals surface area contributed by atoms with E-state index >= 15 is 0 Å². The molecule has 0 spiro atoms. The molecule has 2 rings (SSSR count). The van der Waals surface area contributed by atoms with Crippen LogP contribution in [0.2, 0.25) is 0 Å². The van der Waals surface area contributed by atoms with Crippen molar-refractivity contribution in [3.05, 3.63) is 18.2 Å². The number of amides is 2. The average Bonchev–Trinajstić information content (AvgIpc) is 2.76. The molecule has 0 fully saturated rings. The first-order chi connectivity index (χ1) is 10.7. The molecule has 1 aromatic rings. The lowest BCUT2D eigenvalue weighted by molar-refractivity contribution is -0.286. The SMILES string of the molecule is CC(C)[C@H](N)C(=O)NCC(=O)Nc1ccc2c(c1)OC(F)(F)O2.Cl. The lowest BCUT2D eigenvalue weighted by atomic mass is 10.1. The third-order valence-corrected chi connectivity index (χ3v) is 3.13. The largest absolute Gasteiger partial charge is 0.586 e. The summed E-state index contributed by atoms with van der Waals surface area (Å²) in [6.45, 7) is 3.28. The molecule has 1 atom stereocenters. The Bertz CT molecular complexity index is 628. The van der Waals surface area contributed by atoms with E-state index in [1.165, 1.54) is 18.2 Å². The van der Waals surface area contributed by atoms with Crippen LogP contribution in [-0.2, 0) is 9.59 Å². The summed E-state index contributed by atoms with van der Waals surface area (Å²) < 4.78 is 34.3. The summed E-state index contributed by atoms with van der Waals surface area (Å²) in [5, 5.41) is 4.84. The second-order valence-electron chi connectivity index (χ2n) is 5.36. The topological polar surface area (TPSA) is 103 Å². The van der Waals surface area contributed by atoms with E-state index in [0.29, 0.717) is 0 Å². The maximum absolute atomic E-state index is 12.9. The number of carbonyl (C=O) groups is 2. The number of rotatable bonds is 5. The first kappa shape index (κ1) is 19.9. The van der Waals surface area contributed by atoms with Crippen LogP contribution < -0.4 is 25.8 Å². The van der Waals surface area contributed by atoms with Crippen LogP contribution in [0.25, 0.3) is 0 Å². The Morgan fingerprint density at radius 1 is 1.25 bits per heavy atom. The van der Waals surface area contributed by atoms with E-state index in [9.17, 15) is 18.4 Å². The molecule has 0 saturated carbocycles. The van der Waals surface area contributed by atoms with Gasteiger partial charge in [0, 0.05) is 11.8 Å². The van der Waals surface area contributed by atoms with Gasteiger partial charge >= 0.3 is 6.29 Å². The highest BCUT2D eigenvalue weighted by Gasteiger charge is 2.43. The Balaban J connectivity index is 0.00000288. The van der Waals surface area contributed by atoms with Crippen molar-refractivity contribution in [1.82, 2.24) is 5.32 Å². The van der Waals surface area contributed by atoms with Crippen molar-refractivity contribution < 1.29 is 27.8 Å². The Morgan fingerprint density at radius 2 is 1.88 bits per heavy atom. The van der Waals surface area contributed by atoms with Crippen LogP contribution >= 0.6 is 12.4 Å². The Labute approximate surface area is 143 Å². The van der Waals surface area contributed by atoms with E-state index in [1.54, 1.807) is 13.8 Å². The van der Waals surface area contributed by atoms with Gasteiger partial charge in [0.2, 0.25) is 11.8 Å². The summed E-state index contributed by atoms with van der Waals surface area (Å²) in [6, 6.07) is 3.12. The van der Waals surface area contributed by atoms with Gasteiger partial charge in [0.1, 0.15) is 0 Å². The van der Waals surface area contributed by atoms with Crippen molar-refractivity contribution in [1.29, 1.82) is 0 Å². The van der Waals surface area contributed by atoms with Crippen LogP contribution in [0.15, 0.2) is 18.2 Å². The molecule has 4 N–H and O–H groups in total. The quantitative estimate of drug-likeness (QED) is 0.733. The summed E-state index contributed by atoms with van der Waals surface area (Å²) in [7, 11) is 0. The third-order valence-electron chi connectivity index (χ3n) is 3.13. The van der Waals surface area contributed by atoms with Crippen LogP contribution in [0.4, 0.5) is 14.5 Å². The minimum atomic E-state index is -3.72. The second-order valence-corrected chi connectivity index (χ2v) is 5.36. The van der Waals surface area contributed by atoms with Crippen molar-refractivity contribution in [2.24, 2.45) is 11.7 Å². The standard InChI is InChI=1S/C14H17F2N3O4.ClH/c1-7(2)12(17)13(21)18-6-11(20)19-8-3-4-9-10(5-8)23-14(15,16)22-9;/h3-5,7,12H,6,17H2,1-2H3,(H,18,21)(H,19,20);1H/t12-;/m0./s1. The van der Waals surface area contributed by atoms with Gasteiger partial charge in [-0.25, -0.2) is 0 Å². The molecule has 0 radical (unpaired) electrons. The first-order valence-electron chi connectivity index (χ1n) is 6.91. The highest BCUT2D eigenvalue weighted by atomic mass is 35.5. The van der Waals surface area contributed by atoms with Crippen LogP contribution in [0, 0.1) is 5.92 Å². The average molecular weight is 366 g/mol. The Hall–Kier alpha value is -2.13. The number of carbonyl (C=O) groups excluding carboxylic acids is 2. The minimum absolute atomic E-state index is 0. The highest BCUT2D eigenvalue weighted by Crippen LogP contribution is 2.42. The van der Waals surface area contributed by atoms with Crippen molar-refractivity contribution in [3.63, 3.8) is 0 Å². The number of fused-ring (bicyclic) bond motifs is 1. The van der Waals surface area contributed by atoms with Crippen molar-refractivity contribution >= 4 is 29.9 Å². The number of benzene rings is 1. The molecule has 24 heavy (non-hydrogen) atoms. The molecule has 0 saturated heterocycles. The molecule has 0 aliphatic carbocycles. The first-order valence-corrected chi connectivity index (χ1v) is 6.91. The van der Waals surface area contributed by atoms with E-state index < -0.39 is 24.2 Å². The fourth-order valence-corrected chi connectivity index (χ4v) is 1.82. The van der Waals surface area contributed by atoms with E-state index in [-0.39, 0.29) is 42.1 Å². The zero-order valence-electron chi connectivity index (χ0n) is 13.0. The predicted octanol–water partition coefficient (Wildman–Crippen LogP) is 1.47. The lowest BCUT2D eigenvalue weighted by Crippen LogP contribution is -2.46. The van der Waals surface area contributed by atoms with Gasteiger partial charge in [-0.05, 0) is 18.1 Å². The zero-order valence-corrected chi connectivity index (χ0v) is 13.8. The maximum atomic E-state index is 12.9. The lowest BCUT2D eigenvalue weighted by Gasteiger charge is -2.15. The molecular weight excluding hydrogens is 348 g/mol. The van der Waals surface area contributed by atoms with Crippen LogP contribution in [0.1, 0.15) is 13.8 Å². The van der Waals surface area contributed by atoms with E-state index in [2.05, 4.69) is 20.1 Å². The molecular formula is C14H18ClF2N3O4. The van der Waals surface area contributed by atoms with Crippen LogP contribution in [0.3, 0.4) is 0 Å². The maximum Gasteiger partial charge on any atom is 0.586 e. The van der Waals surface area contributed by atoms with Gasteiger partial charge in [0.05, 0.1) is 12.6 Å². The number of nitrogens with two attached hydrogens (primary N) is 1. The number of nitrogens with one attached hydrogen (secondary N) is 2. The number of halogens is 3. The van der Waals surface area contributed by atoms with Gasteiger partial charge in [-0.2, -0.15) is 0 Å². The Morgan fingerprint density at radius 3 is 2.50 bits per heavy atom. The Kier molecular flexibility index (Phi) is 6.33. The summed E-state index contributed by atoms with van der Waals surface area (Å²) in [4.78, 5) is 23.4. The highest BCUT2D eigenvalue weighted by molar-refractivity contribution is 5.95. The monoisotopic (exact) mass is 365 g/mol. The number of ether oxygens (including phenoxy) is 2. The smallest absolute Gasteiger partial charge is 0.395 e. The fraction of sp³-hybridized carbons (Fsp3) is 0.429. The number of hydrogen-bond acceptors (Lipinski definition) is 5. The molecule has 2 amide bonds. The second kappa shape index (κ2) is 7.63.